The summed E-state index contributed by atoms with van der Waals surface area (Å²) >= 11 is 0. The molecule has 0 heterocycles. The second-order valence-electron chi connectivity index (χ2n) is 8.50. The van der Waals surface area contributed by atoms with E-state index in [0.29, 0.717) is 6.10 Å². The Morgan fingerprint density at radius 3 is 2.25 bits per heavy atom. The van der Waals surface area contributed by atoms with E-state index >= 15 is 0 Å². The lowest BCUT2D eigenvalue weighted by atomic mass is 9.73. The number of hydrogen-bond acceptors (Lipinski definition) is 3. The van der Waals surface area contributed by atoms with E-state index in [1.807, 2.05) is 7.05 Å². The molecule has 5 heteroatoms. The molecule has 0 radical (unpaired) electrons. The average Bonchev–Trinajstić information content (AvgIpc) is 2.69. The van der Waals surface area contributed by atoms with Crippen LogP contribution in [0.4, 0.5) is 0 Å². The molecule has 2 aliphatic rings. The molecule has 0 bridgehead atoms. The van der Waals surface area contributed by atoms with Crippen molar-refractivity contribution in [2.45, 2.75) is 70.4 Å². The fourth-order valence-corrected chi connectivity index (χ4v) is 4.88. The van der Waals surface area contributed by atoms with Crippen molar-refractivity contribution in [2.75, 3.05) is 27.2 Å². The molecule has 0 spiro atoms. The van der Waals surface area contributed by atoms with E-state index < -0.39 is 0 Å². The molecule has 162 valence electrons. The lowest BCUT2D eigenvalue weighted by molar-refractivity contribution is 0.0977. The van der Waals surface area contributed by atoms with Gasteiger partial charge in [0.2, 0.25) is 0 Å². The van der Waals surface area contributed by atoms with Crippen LogP contribution in [0.1, 0.15) is 63.4 Å². The first-order valence-electron chi connectivity index (χ1n) is 10.8. The molecule has 0 amide bonds. The molecule has 28 heavy (non-hydrogen) atoms. The van der Waals surface area contributed by atoms with E-state index in [1.54, 1.807) is 0 Å². The van der Waals surface area contributed by atoms with Crippen LogP contribution in [0.25, 0.3) is 0 Å². The molecule has 0 aliphatic heterocycles. The molecule has 0 unspecified atom stereocenters. The van der Waals surface area contributed by atoms with E-state index in [1.165, 1.54) is 63.4 Å². The summed E-state index contributed by atoms with van der Waals surface area (Å²) in [6.45, 7) is 3.03. The Hall–Kier alpha value is -0.480. The molecule has 1 aromatic rings. The van der Waals surface area contributed by atoms with Gasteiger partial charge in [-0.1, -0.05) is 50.3 Å². The maximum atomic E-state index is 6.49. The summed E-state index contributed by atoms with van der Waals surface area (Å²) in [6.07, 6.45) is 13.0. The summed E-state index contributed by atoms with van der Waals surface area (Å²) in [6, 6.07) is 8.63. The van der Waals surface area contributed by atoms with Gasteiger partial charge in [-0.05, 0) is 57.7 Å². The van der Waals surface area contributed by atoms with Crippen LogP contribution in [-0.2, 0) is 6.54 Å². The summed E-state index contributed by atoms with van der Waals surface area (Å²) in [5.74, 6) is 3.08. The second kappa shape index (κ2) is 13.7. The van der Waals surface area contributed by atoms with E-state index in [-0.39, 0.29) is 24.8 Å². The van der Waals surface area contributed by atoms with Gasteiger partial charge in [0.05, 0.1) is 6.10 Å². The van der Waals surface area contributed by atoms with Gasteiger partial charge in [0.25, 0.3) is 0 Å². The highest BCUT2D eigenvalue weighted by Crippen LogP contribution is 2.39. The number of halogens is 2. The summed E-state index contributed by atoms with van der Waals surface area (Å²) < 4.78 is 6.49. The topological polar surface area (TPSA) is 24.5 Å². The highest BCUT2D eigenvalue weighted by atomic mass is 35.5. The molecular formula is C23H40Cl2N2O. The predicted octanol–water partition coefficient (Wildman–Crippen LogP) is 5.70. The first kappa shape index (κ1) is 25.6. The minimum atomic E-state index is 0. The van der Waals surface area contributed by atoms with Crippen LogP contribution in [0.3, 0.4) is 0 Å². The summed E-state index contributed by atoms with van der Waals surface area (Å²) in [7, 11) is 4.19. The van der Waals surface area contributed by atoms with Crippen molar-refractivity contribution in [1.82, 2.24) is 10.2 Å². The molecule has 0 atom stereocenters. The summed E-state index contributed by atoms with van der Waals surface area (Å²) in [4.78, 5) is 2.36. The lowest BCUT2D eigenvalue weighted by Crippen LogP contribution is -2.29. The van der Waals surface area contributed by atoms with Crippen LogP contribution >= 0.6 is 24.8 Å². The molecule has 1 aromatic carbocycles. The van der Waals surface area contributed by atoms with Crippen molar-refractivity contribution in [3.63, 3.8) is 0 Å². The van der Waals surface area contributed by atoms with Crippen LogP contribution in [0.15, 0.2) is 24.3 Å². The molecule has 2 saturated carbocycles. The van der Waals surface area contributed by atoms with Gasteiger partial charge in [-0.2, -0.15) is 0 Å². The number of rotatable bonds is 8. The number of nitrogens with zero attached hydrogens (tertiary/aromatic N) is 1. The van der Waals surface area contributed by atoms with Crippen LogP contribution in [0, 0.1) is 11.8 Å². The molecule has 1 N–H and O–H groups in total. The Labute approximate surface area is 184 Å². The first-order valence-corrected chi connectivity index (χ1v) is 10.8. The largest absolute Gasteiger partial charge is 0.490 e. The van der Waals surface area contributed by atoms with E-state index in [4.69, 9.17) is 4.74 Å². The number of para-hydroxylation sites is 1. The van der Waals surface area contributed by atoms with E-state index in [0.717, 1.165) is 37.2 Å². The van der Waals surface area contributed by atoms with Gasteiger partial charge >= 0.3 is 0 Å². The monoisotopic (exact) mass is 430 g/mol. The van der Waals surface area contributed by atoms with Gasteiger partial charge in [0, 0.05) is 25.2 Å². The third kappa shape index (κ3) is 7.74. The van der Waals surface area contributed by atoms with Gasteiger partial charge in [0.15, 0.2) is 0 Å². The average molecular weight is 431 g/mol. The van der Waals surface area contributed by atoms with Gasteiger partial charge in [0.1, 0.15) is 5.75 Å². The van der Waals surface area contributed by atoms with Crippen molar-refractivity contribution in [3.8, 4) is 5.75 Å². The zero-order valence-corrected chi connectivity index (χ0v) is 19.3. The smallest absolute Gasteiger partial charge is 0.124 e. The molecule has 2 fully saturated rings. The molecule has 0 saturated heterocycles. The molecule has 2 aliphatic carbocycles. The van der Waals surface area contributed by atoms with Crippen LogP contribution < -0.4 is 10.1 Å². The normalized spacial score (nSPS) is 23.0. The van der Waals surface area contributed by atoms with Gasteiger partial charge in [-0.15, -0.1) is 24.8 Å². The Morgan fingerprint density at radius 2 is 1.57 bits per heavy atom. The van der Waals surface area contributed by atoms with Crippen LogP contribution in [-0.4, -0.2) is 38.2 Å². The zero-order valence-electron chi connectivity index (χ0n) is 17.7. The Kier molecular flexibility index (Phi) is 12.5. The first-order chi connectivity index (χ1) is 12.8. The second-order valence-corrected chi connectivity index (χ2v) is 8.50. The Bertz CT molecular complexity index is 529. The van der Waals surface area contributed by atoms with Crippen molar-refractivity contribution in [1.29, 1.82) is 0 Å². The standard InChI is InChI=1S/C23H38N2O.2ClH/c1-24-16-17-25(2)18-21-10-6-7-11-23(21)26-22-14-12-20(13-15-22)19-8-4-3-5-9-19;;/h6-7,10-11,19-20,22,24H,3-5,8-9,12-18H2,1-2H3;2*1H. The fourth-order valence-electron chi connectivity index (χ4n) is 4.88. The minimum absolute atomic E-state index is 0. The third-order valence-corrected chi connectivity index (χ3v) is 6.49. The number of ether oxygens (including phenoxy) is 1. The molecule has 3 rings (SSSR count). The number of hydrogen-bond donors (Lipinski definition) is 1. The van der Waals surface area contributed by atoms with Gasteiger partial charge < -0.3 is 15.0 Å². The molecule has 3 nitrogen and oxygen atoms in total. The van der Waals surface area contributed by atoms with Crippen molar-refractivity contribution in [3.05, 3.63) is 29.8 Å². The predicted molar refractivity (Wildman–Crippen MR) is 124 cm³/mol. The van der Waals surface area contributed by atoms with E-state index in [2.05, 4.69) is 41.5 Å². The van der Waals surface area contributed by atoms with Crippen LogP contribution in [0.2, 0.25) is 0 Å². The number of benzene rings is 1. The van der Waals surface area contributed by atoms with Gasteiger partial charge in [-0.3, -0.25) is 0 Å². The Morgan fingerprint density at radius 1 is 0.929 bits per heavy atom. The SMILES string of the molecule is CNCCN(C)Cc1ccccc1OC1CCC(C2CCCCC2)CC1.Cl.Cl. The minimum Gasteiger partial charge on any atom is -0.490 e. The van der Waals surface area contributed by atoms with Crippen LogP contribution in [0.5, 0.6) is 5.75 Å². The maximum Gasteiger partial charge on any atom is 0.124 e. The van der Waals surface area contributed by atoms with Gasteiger partial charge in [-0.25, -0.2) is 0 Å². The highest BCUT2D eigenvalue weighted by molar-refractivity contribution is 5.85. The number of likely N-dealkylation sites (N-methyl/N-ethyl adjacent to an activating group) is 2. The quantitative estimate of drug-likeness (QED) is 0.572. The highest BCUT2D eigenvalue weighted by Gasteiger charge is 2.29. The zero-order chi connectivity index (χ0) is 18.2. The lowest BCUT2D eigenvalue weighted by Gasteiger charge is -2.36. The Balaban J connectivity index is 0.00000196. The number of nitrogens with one attached hydrogen (secondary N) is 1. The summed E-state index contributed by atoms with van der Waals surface area (Å²) in [5.41, 5.74) is 1.32. The summed E-state index contributed by atoms with van der Waals surface area (Å²) in [5, 5.41) is 3.22. The third-order valence-electron chi connectivity index (χ3n) is 6.49. The van der Waals surface area contributed by atoms with Crippen molar-refractivity contribution >= 4 is 24.8 Å². The van der Waals surface area contributed by atoms with E-state index in [9.17, 15) is 0 Å². The molecular weight excluding hydrogens is 391 g/mol. The van der Waals surface area contributed by atoms with Crippen molar-refractivity contribution < 1.29 is 4.74 Å². The maximum absolute atomic E-state index is 6.49. The fraction of sp³-hybridized carbons (Fsp3) is 0.739. The van der Waals surface area contributed by atoms with Crippen molar-refractivity contribution in [2.24, 2.45) is 11.8 Å². The molecule has 0 aromatic heterocycles.